The number of hydrogen-bond donors (Lipinski definition) is 1. The van der Waals surface area contributed by atoms with Crippen molar-refractivity contribution in [2.75, 3.05) is 44.6 Å². The van der Waals surface area contributed by atoms with E-state index in [-0.39, 0.29) is 0 Å². The molecule has 0 radical (unpaired) electrons. The van der Waals surface area contributed by atoms with Gasteiger partial charge in [-0.3, -0.25) is 4.90 Å². The predicted molar refractivity (Wildman–Crippen MR) is 92.0 cm³/mol. The predicted octanol–water partition coefficient (Wildman–Crippen LogP) is 3.21. The molecule has 1 N–H and O–H groups in total. The lowest BCUT2D eigenvalue weighted by molar-refractivity contribution is 0.238. The molecular weight excluding hydrogens is 258 g/mol. The monoisotopic (exact) mass is 289 g/mol. The highest BCUT2D eigenvalue weighted by Gasteiger charge is 2.11. The van der Waals surface area contributed by atoms with Gasteiger partial charge in [0.05, 0.1) is 0 Å². The van der Waals surface area contributed by atoms with Gasteiger partial charge in [-0.2, -0.15) is 0 Å². The Bertz CT molecular complexity index is 426. The molecule has 1 aliphatic heterocycles. The molecule has 0 fully saturated rings. The summed E-state index contributed by atoms with van der Waals surface area (Å²) < 4.78 is 0. The third kappa shape index (κ3) is 4.72. The zero-order chi connectivity index (χ0) is 15.1. The van der Waals surface area contributed by atoms with Gasteiger partial charge in [-0.25, -0.2) is 0 Å². The van der Waals surface area contributed by atoms with E-state index in [0.717, 1.165) is 19.6 Å². The zero-order valence-corrected chi connectivity index (χ0v) is 14.0. The second-order valence-corrected chi connectivity index (χ2v) is 5.92. The molecule has 21 heavy (non-hydrogen) atoms. The van der Waals surface area contributed by atoms with Crippen LogP contribution in [0.25, 0.3) is 0 Å². The molecule has 2 rings (SSSR count). The fourth-order valence-electron chi connectivity index (χ4n) is 3.10. The van der Waals surface area contributed by atoms with Crippen LogP contribution in [-0.2, 0) is 13.0 Å². The molecule has 0 spiro atoms. The maximum atomic E-state index is 3.48. The van der Waals surface area contributed by atoms with Gasteiger partial charge in [-0.1, -0.05) is 32.9 Å². The summed E-state index contributed by atoms with van der Waals surface area (Å²) in [6.07, 6.45) is 2.44. The van der Waals surface area contributed by atoms with Crippen LogP contribution in [0.5, 0.6) is 0 Å². The third-order valence-electron chi connectivity index (χ3n) is 4.58. The summed E-state index contributed by atoms with van der Waals surface area (Å²) in [4.78, 5) is 5.06. The van der Waals surface area contributed by atoms with Crippen LogP contribution in [0, 0.1) is 0 Å². The highest BCUT2D eigenvalue weighted by molar-refractivity contribution is 5.56. The van der Waals surface area contributed by atoms with Gasteiger partial charge in [-0.15, -0.1) is 0 Å². The molecule has 0 aromatic heterocycles. The number of anilines is 1. The lowest BCUT2D eigenvalue weighted by atomic mass is 10.1. The van der Waals surface area contributed by atoms with Gasteiger partial charge in [-0.05, 0) is 62.8 Å². The molecule has 0 saturated carbocycles. The number of fused-ring (bicyclic) bond motifs is 1. The number of nitrogens with one attached hydrogen (secondary N) is 1. The van der Waals surface area contributed by atoms with Gasteiger partial charge in [0, 0.05) is 18.8 Å². The van der Waals surface area contributed by atoms with Crippen LogP contribution >= 0.6 is 0 Å². The van der Waals surface area contributed by atoms with Crippen LogP contribution in [0.2, 0.25) is 0 Å². The van der Waals surface area contributed by atoms with E-state index in [4.69, 9.17) is 0 Å². The number of benzene rings is 1. The van der Waals surface area contributed by atoms with Crippen molar-refractivity contribution in [1.29, 1.82) is 0 Å². The maximum absolute atomic E-state index is 3.48. The van der Waals surface area contributed by atoms with E-state index in [9.17, 15) is 0 Å². The standard InChI is InChI=1S/C18H31N3/c1-4-20(5-2)12-7-13-21(6-3)15-16-8-9-17-10-11-19-18(17)14-16/h8-9,14,19H,4-7,10-13,15H2,1-3H3. The third-order valence-corrected chi connectivity index (χ3v) is 4.58. The molecule has 0 atom stereocenters. The fourth-order valence-corrected chi connectivity index (χ4v) is 3.10. The van der Waals surface area contributed by atoms with E-state index in [0.29, 0.717) is 0 Å². The quantitative estimate of drug-likeness (QED) is 0.753. The van der Waals surface area contributed by atoms with E-state index in [1.807, 2.05) is 0 Å². The van der Waals surface area contributed by atoms with Crippen molar-refractivity contribution in [3.05, 3.63) is 29.3 Å². The second-order valence-electron chi connectivity index (χ2n) is 5.92. The molecule has 0 aliphatic carbocycles. The van der Waals surface area contributed by atoms with Crippen molar-refractivity contribution in [1.82, 2.24) is 9.80 Å². The van der Waals surface area contributed by atoms with Crippen molar-refractivity contribution in [3.8, 4) is 0 Å². The highest BCUT2D eigenvalue weighted by atomic mass is 15.1. The van der Waals surface area contributed by atoms with E-state index < -0.39 is 0 Å². The number of hydrogen-bond acceptors (Lipinski definition) is 3. The SMILES string of the molecule is CCN(CC)CCCN(CC)Cc1ccc2c(c1)NCC2. The van der Waals surface area contributed by atoms with Gasteiger partial charge in [0.15, 0.2) is 0 Å². The first-order valence-electron chi connectivity index (χ1n) is 8.57. The summed E-state index contributed by atoms with van der Waals surface area (Å²) in [6, 6.07) is 6.95. The van der Waals surface area contributed by atoms with Crippen molar-refractivity contribution >= 4 is 5.69 Å². The Kier molecular flexibility index (Phi) is 6.52. The van der Waals surface area contributed by atoms with Crippen LogP contribution in [0.3, 0.4) is 0 Å². The van der Waals surface area contributed by atoms with Crippen LogP contribution in [0.4, 0.5) is 5.69 Å². The van der Waals surface area contributed by atoms with E-state index >= 15 is 0 Å². The minimum absolute atomic E-state index is 1.07. The normalized spacial score (nSPS) is 13.8. The van der Waals surface area contributed by atoms with Crippen LogP contribution in [0.15, 0.2) is 18.2 Å². The maximum Gasteiger partial charge on any atom is 0.0376 e. The minimum Gasteiger partial charge on any atom is -0.384 e. The number of rotatable bonds is 9. The Labute approximate surface area is 130 Å². The van der Waals surface area contributed by atoms with Gasteiger partial charge in [0.2, 0.25) is 0 Å². The first-order chi connectivity index (χ1) is 10.3. The van der Waals surface area contributed by atoms with Gasteiger partial charge >= 0.3 is 0 Å². The van der Waals surface area contributed by atoms with Crippen molar-refractivity contribution in [2.24, 2.45) is 0 Å². The topological polar surface area (TPSA) is 18.5 Å². The van der Waals surface area contributed by atoms with E-state index in [2.05, 4.69) is 54.1 Å². The second kappa shape index (κ2) is 8.40. The summed E-state index contributed by atoms with van der Waals surface area (Å²) in [5, 5.41) is 3.48. The van der Waals surface area contributed by atoms with E-state index in [1.54, 1.807) is 0 Å². The fraction of sp³-hybridized carbons (Fsp3) is 0.667. The Morgan fingerprint density at radius 2 is 1.71 bits per heavy atom. The minimum atomic E-state index is 1.07. The van der Waals surface area contributed by atoms with E-state index in [1.165, 1.54) is 55.8 Å². The average molecular weight is 289 g/mol. The lowest BCUT2D eigenvalue weighted by Crippen LogP contribution is -2.29. The average Bonchev–Trinajstić information content (AvgIpc) is 2.98. The number of nitrogens with zero attached hydrogens (tertiary/aromatic N) is 2. The first kappa shape index (κ1) is 16.3. The summed E-state index contributed by atoms with van der Waals surface area (Å²) in [7, 11) is 0. The van der Waals surface area contributed by atoms with Gasteiger partial charge in [0.1, 0.15) is 0 Å². The van der Waals surface area contributed by atoms with Crippen molar-refractivity contribution in [3.63, 3.8) is 0 Å². The molecule has 0 saturated heterocycles. The van der Waals surface area contributed by atoms with Crippen molar-refractivity contribution in [2.45, 2.75) is 40.2 Å². The zero-order valence-electron chi connectivity index (χ0n) is 14.0. The molecular formula is C18H31N3. The molecule has 1 aliphatic rings. The van der Waals surface area contributed by atoms with Gasteiger partial charge < -0.3 is 10.2 Å². The summed E-state index contributed by atoms with van der Waals surface area (Å²) in [5.41, 5.74) is 4.27. The molecule has 3 heteroatoms. The Balaban J connectivity index is 1.81. The van der Waals surface area contributed by atoms with Crippen LogP contribution < -0.4 is 5.32 Å². The molecule has 1 aromatic carbocycles. The lowest BCUT2D eigenvalue weighted by Gasteiger charge is -2.23. The summed E-state index contributed by atoms with van der Waals surface area (Å²) in [5.74, 6) is 0. The van der Waals surface area contributed by atoms with Crippen LogP contribution in [0.1, 0.15) is 38.3 Å². The Morgan fingerprint density at radius 3 is 2.43 bits per heavy atom. The first-order valence-corrected chi connectivity index (χ1v) is 8.57. The molecule has 0 bridgehead atoms. The van der Waals surface area contributed by atoms with Gasteiger partial charge in [0.25, 0.3) is 0 Å². The summed E-state index contributed by atoms with van der Waals surface area (Å²) >= 11 is 0. The molecule has 118 valence electrons. The smallest absolute Gasteiger partial charge is 0.0376 e. The Hall–Kier alpha value is -1.06. The highest BCUT2D eigenvalue weighted by Crippen LogP contribution is 2.23. The molecule has 1 aromatic rings. The van der Waals surface area contributed by atoms with Crippen LogP contribution in [-0.4, -0.2) is 49.1 Å². The molecule has 3 nitrogen and oxygen atoms in total. The summed E-state index contributed by atoms with van der Waals surface area (Å²) in [6.45, 7) is 14.8. The molecule has 0 unspecified atom stereocenters. The largest absolute Gasteiger partial charge is 0.384 e. The van der Waals surface area contributed by atoms with Crippen molar-refractivity contribution < 1.29 is 0 Å². The molecule has 1 heterocycles. The molecule has 0 amide bonds. The Morgan fingerprint density at radius 1 is 1.00 bits per heavy atom.